The number of hydrogen-bond acceptors (Lipinski definition) is 5. The van der Waals surface area contributed by atoms with Gasteiger partial charge in [0, 0.05) is 11.4 Å². The van der Waals surface area contributed by atoms with Gasteiger partial charge in [0.05, 0.1) is 11.5 Å². The Bertz CT molecular complexity index is 822. The van der Waals surface area contributed by atoms with Crippen molar-refractivity contribution < 1.29 is 31.1 Å². The Morgan fingerprint density at radius 2 is 1.90 bits per heavy atom. The number of nitrogens with two attached hydrogens (primary N) is 3. The monoisotopic (exact) mass is 489 g/mol. The number of urea groups is 1. The molecule has 1 aliphatic heterocycles. The Balaban J connectivity index is 0.000000267. The number of nitrogens with zero attached hydrogens (tertiary/aromatic N) is 1. The van der Waals surface area contributed by atoms with Crippen LogP contribution in [0.15, 0.2) is 38.0 Å². The molecule has 0 spiro atoms. The molecule has 3 rings (SSSR count). The molecular weight excluding hydrogens is 467 g/mol. The van der Waals surface area contributed by atoms with Gasteiger partial charge in [0.15, 0.2) is 5.83 Å². The number of carbonyl (C=O) groups is 1. The fraction of sp³-hybridized carbons (Fsp3) is 0.529. The van der Waals surface area contributed by atoms with E-state index in [0.29, 0.717) is 29.4 Å². The summed E-state index contributed by atoms with van der Waals surface area (Å²) < 4.78 is 74.9. The number of alkyl halides is 5. The van der Waals surface area contributed by atoms with E-state index >= 15 is 0 Å². The second-order valence-electron chi connectivity index (χ2n) is 6.93. The molecule has 2 saturated carbocycles. The highest BCUT2D eigenvalue weighted by atomic mass is 32.2. The van der Waals surface area contributed by atoms with Crippen LogP contribution in [0.5, 0.6) is 0 Å². The minimum absolute atomic E-state index is 0.0593. The van der Waals surface area contributed by atoms with Crippen molar-refractivity contribution in [1.82, 2.24) is 5.32 Å². The van der Waals surface area contributed by atoms with E-state index in [0.717, 1.165) is 37.7 Å². The number of nitrogens with one attached hydrogen (secondary N) is 1. The molecule has 2 fully saturated rings. The molecular formula is C17H22F6N5OPS. The van der Waals surface area contributed by atoms with Crippen molar-refractivity contribution in [3.05, 3.63) is 33.0 Å². The SMILES string of the molecule is NC(=O)NC1=C2CCCC2PC(C(F)(F)F)=C1C1CC1.NS/C(N)=C(F)/C=N/C(F)F. The average Bonchev–Trinajstić information content (AvgIpc) is 3.40. The van der Waals surface area contributed by atoms with E-state index in [1.54, 1.807) is 0 Å². The number of amides is 2. The number of hydrogen-bond donors (Lipinski definition) is 4. The summed E-state index contributed by atoms with van der Waals surface area (Å²) in [5, 5.41) is 6.52. The van der Waals surface area contributed by atoms with Crippen LogP contribution in [-0.2, 0) is 0 Å². The Hall–Kier alpha value is -1.72. The third kappa shape index (κ3) is 7.15. The van der Waals surface area contributed by atoms with E-state index in [9.17, 15) is 31.1 Å². The van der Waals surface area contributed by atoms with Crippen LogP contribution in [0.3, 0.4) is 0 Å². The van der Waals surface area contributed by atoms with E-state index in [2.05, 4.69) is 10.3 Å². The quantitative estimate of drug-likeness (QED) is 0.151. The fourth-order valence-corrected chi connectivity index (χ4v) is 5.35. The van der Waals surface area contributed by atoms with E-state index < -0.39 is 29.9 Å². The molecule has 2 aliphatic carbocycles. The highest BCUT2D eigenvalue weighted by molar-refractivity contribution is 8.00. The molecule has 0 aromatic heterocycles. The van der Waals surface area contributed by atoms with E-state index in [-0.39, 0.29) is 25.2 Å². The summed E-state index contributed by atoms with van der Waals surface area (Å²) in [6, 6.07) is -0.775. The molecule has 3 aliphatic rings. The van der Waals surface area contributed by atoms with Crippen molar-refractivity contribution in [2.45, 2.75) is 50.5 Å². The lowest BCUT2D eigenvalue weighted by atomic mass is 9.99. The zero-order valence-corrected chi connectivity index (χ0v) is 17.9. The summed E-state index contributed by atoms with van der Waals surface area (Å²) >= 11 is 0.431. The van der Waals surface area contributed by atoms with Gasteiger partial charge in [-0.15, -0.1) is 0 Å². The summed E-state index contributed by atoms with van der Waals surface area (Å²) in [7, 11) is -0.222. The number of carbonyl (C=O) groups excluding carboxylic acids is 1. The maximum atomic E-state index is 13.3. The highest BCUT2D eigenvalue weighted by Crippen LogP contribution is 2.59. The van der Waals surface area contributed by atoms with Crippen LogP contribution in [0.2, 0.25) is 0 Å². The molecule has 2 amide bonds. The van der Waals surface area contributed by atoms with E-state index in [4.69, 9.17) is 16.6 Å². The van der Waals surface area contributed by atoms with Crippen LogP contribution in [0.1, 0.15) is 32.1 Å². The number of fused-ring (bicyclic) bond motifs is 1. The first kappa shape index (κ1) is 25.5. The molecule has 0 aromatic carbocycles. The van der Waals surface area contributed by atoms with Crippen LogP contribution in [0.4, 0.5) is 31.1 Å². The van der Waals surface area contributed by atoms with E-state index in [1.807, 2.05) is 0 Å². The van der Waals surface area contributed by atoms with Crippen LogP contribution in [-0.4, -0.2) is 30.6 Å². The maximum Gasteiger partial charge on any atom is 0.416 e. The predicted molar refractivity (Wildman–Crippen MR) is 110 cm³/mol. The minimum atomic E-state index is -4.31. The molecule has 0 radical (unpaired) electrons. The van der Waals surface area contributed by atoms with Crippen molar-refractivity contribution >= 4 is 32.8 Å². The summed E-state index contributed by atoms with van der Waals surface area (Å²) in [5.74, 6) is -1.12. The van der Waals surface area contributed by atoms with Gasteiger partial charge in [0.2, 0.25) is 0 Å². The van der Waals surface area contributed by atoms with Gasteiger partial charge in [-0.1, -0.05) is 8.58 Å². The van der Waals surface area contributed by atoms with Gasteiger partial charge < -0.3 is 16.8 Å². The van der Waals surface area contributed by atoms with Gasteiger partial charge in [-0.05, 0) is 61.1 Å². The molecule has 6 nitrogen and oxygen atoms in total. The van der Waals surface area contributed by atoms with Gasteiger partial charge >= 0.3 is 18.8 Å². The first-order chi connectivity index (χ1) is 14.5. The number of aliphatic imine (C=N–C) groups is 1. The van der Waals surface area contributed by atoms with Gasteiger partial charge in [-0.2, -0.15) is 22.0 Å². The largest absolute Gasteiger partial charge is 0.416 e. The van der Waals surface area contributed by atoms with Gasteiger partial charge in [0.25, 0.3) is 0 Å². The summed E-state index contributed by atoms with van der Waals surface area (Å²) in [5.41, 5.74) is 11.7. The highest BCUT2D eigenvalue weighted by Gasteiger charge is 2.47. The number of halogens is 6. The molecule has 31 heavy (non-hydrogen) atoms. The van der Waals surface area contributed by atoms with Gasteiger partial charge in [-0.25, -0.2) is 14.2 Å². The molecule has 14 heteroatoms. The number of rotatable bonds is 5. The molecule has 1 heterocycles. The molecule has 174 valence electrons. The number of primary amides is 1. The molecule has 7 N–H and O–H groups in total. The van der Waals surface area contributed by atoms with Crippen molar-refractivity contribution in [2.75, 3.05) is 0 Å². The van der Waals surface area contributed by atoms with Gasteiger partial charge in [-0.3, -0.25) is 5.14 Å². The van der Waals surface area contributed by atoms with Crippen LogP contribution < -0.4 is 21.9 Å². The smallest absolute Gasteiger partial charge is 0.390 e. The van der Waals surface area contributed by atoms with Crippen molar-refractivity contribution in [2.24, 2.45) is 27.5 Å². The summed E-state index contributed by atoms with van der Waals surface area (Å²) in [6.45, 7) is -2.93. The average molecular weight is 489 g/mol. The Morgan fingerprint density at radius 1 is 1.26 bits per heavy atom. The Labute approximate surface area is 180 Å². The normalized spacial score (nSPS) is 23.2. The summed E-state index contributed by atoms with van der Waals surface area (Å²) in [4.78, 5) is 13.6. The fourth-order valence-electron chi connectivity index (χ4n) is 3.38. The van der Waals surface area contributed by atoms with Crippen molar-refractivity contribution in [1.29, 1.82) is 0 Å². The topological polar surface area (TPSA) is 120 Å². The Kier molecular flexibility index (Phi) is 8.84. The molecule has 2 atom stereocenters. The molecule has 0 bridgehead atoms. The van der Waals surface area contributed by atoms with Crippen molar-refractivity contribution in [3.63, 3.8) is 0 Å². The zero-order chi connectivity index (χ0) is 23.3. The lowest BCUT2D eigenvalue weighted by molar-refractivity contribution is -0.0850. The zero-order valence-electron chi connectivity index (χ0n) is 16.1. The second-order valence-corrected chi connectivity index (χ2v) is 9.09. The molecule has 2 unspecified atom stereocenters. The predicted octanol–water partition coefficient (Wildman–Crippen LogP) is 4.36. The first-order valence-electron chi connectivity index (χ1n) is 9.16. The number of allylic oxidation sites excluding steroid dienone is 4. The van der Waals surface area contributed by atoms with E-state index in [1.165, 1.54) is 0 Å². The van der Waals surface area contributed by atoms with Crippen molar-refractivity contribution in [3.8, 4) is 0 Å². The van der Waals surface area contributed by atoms with Crippen LogP contribution >= 0.6 is 20.5 Å². The van der Waals surface area contributed by atoms with Crippen LogP contribution in [0, 0.1) is 5.92 Å². The lowest BCUT2D eigenvalue weighted by Gasteiger charge is -2.30. The second kappa shape index (κ2) is 10.7. The minimum Gasteiger partial charge on any atom is -0.390 e. The lowest BCUT2D eigenvalue weighted by Crippen LogP contribution is -2.34. The third-order valence-corrected chi connectivity index (χ3v) is 6.99. The first-order valence-corrected chi connectivity index (χ1v) is 11.1. The maximum absolute atomic E-state index is 13.3. The molecule has 0 aromatic rings. The van der Waals surface area contributed by atoms with Gasteiger partial charge in [0.1, 0.15) is 5.03 Å². The summed E-state index contributed by atoms with van der Waals surface area (Å²) in [6.07, 6.45) is -0.0125. The van der Waals surface area contributed by atoms with Crippen LogP contribution in [0.25, 0.3) is 0 Å². The third-order valence-electron chi connectivity index (χ3n) is 4.72. The Morgan fingerprint density at radius 3 is 2.39 bits per heavy atom. The standard InChI is InChI=1S/C13H16F3N2OP.C4H6F3N3S/c14-13(15,16)11-9(6-4-5-6)10(18-12(17)19)7-2-1-3-8(7)20-11;5-2(3(8)11-9)1-10-4(6)7/h6,8,20H,1-5H2,(H3,17,18,19);1,4H,8-9H2/b;3-2-,10-1+. The molecule has 0 saturated heterocycles.